The Labute approximate surface area is 163 Å². The predicted molar refractivity (Wildman–Crippen MR) is 112 cm³/mol. The van der Waals surface area contributed by atoms with E-state index < -0.39 is 0 Å². The molecular formula is C21H36N2O2S. The van der Waals surface area contributed by atoms with Crippen molar-refractivity contribution in [2.24, 2.45) is 11.1 Å². The number of carbonyl (C=O) groups is 1. The molecule has 1 saturated heterocycles. The molecule has 2 unspecified atom stereocenters. The Balaban J connectivity index is 2.30. The van der Waals surface area contributed by atoms with E-state index in [0.29, 0.717) is 24.2 Å². The molecule has 4 nitrogen and oxygen atoms in total. The zero-order chi connectivity index (χ0) is 18.9. The molecule has 0 bridgehead atoms. The van der Waals surface area contributed by atoms with Crippen molar-refractivity contribution >= 4 is 23.3 Å². The number of rotatable bonds is 10. The zero-order valence-electron chi connectivity index (χ0n) is 17.1. The zero-order valence-corrected chi connectivity index (χ0v) is 17.9. The highest BCUT2D eigenvalue weighted by Crippen LogP contribution is 2.36. The van der Waals surface area contributed by atoms with Crippen LogP contribution in [0.3, 0.4) is 0 Å². The van der Waals surface area contributed by atoms with E-state index in [0.717, 1.165) is 55.8 Å². The van der Waals surface area contributed by atoms with Crippen LogP contribution in [0.4, 0.5) is 0 Å². The normalized spacial score (nSPS) is 22.9. The second-order valence-corrected chi connectivity index (χ2v) is 9.14. The summed E-state index contributed by atoms with van der Waals surface area (Å²) in [6.45, 7) is 11.3. The highest BCUT2D eigenvalue weighted by molar-refractivity contribution is 7.99. The van der Waals surface area contributed by atoms with E-state index in [4.69, 9.17) is 4.84 Å². The summed E-state index contributed by atoms with van der Waals surface area (Å²) >= 11 is 2.00. The fraction of sp³-hybridized carbons (Fsp3) is 0.810. The van der Waals surface area contributed by atoms with Crippen molar-refractivity contribution in [3.63, 3.8) is 0 Å². The molecule has 26 heavy (non-hydrogen) atoms. The molecule has 0 amide bonds. The average molecular weight is 381 g/mol. The van der Waals surface area contributed by atoms with Gasteiger partial charge in [0.25, 0.3) is 0 Å². The highest BCUT2D eigenvalue weighted by Gasteiger charge is 2.34. The number of carbonyl (C=O) groups excluding carboxylic acids is 1. The summed E-state index contributed by atoms with van der Waals surface area (Å²) in [6, 6.07) is 0. The summed E-state index contributed by atoms with van der Waals surface area (Å²) in [7, 11) is 0. The third-order valence-corrected chi connectivity index (χ3v) is 6.30. The molecule has 0 aromatic heterocycles. The number of likely N-dealkylation sites (tertiary alicyclic amines) is 1. The molecule has 1 aliphatic heterocycles. The highest BCUT2D eigenvalue weighted by atomic mass is 32.2. The summed E-state index contributed by atoms with van der Waals surface area (Å²) in [5, 5.41) is 4.97. The van der Waals surface area contributed by atoms with Crippen LogP contribution >= 0.6 is 11.8 Å². The van der Waals surface area contributed by atoms with Gasteiger partial charge in [-0.25, -0.2) is 0 Å². The van der Waals surface area contributed by atoms with Gasteiger partial charge in [0.1, 0.15) is 6.61 Å². The SMILES string of the molecule is CCCC(=NOCC)C1=C(N2CCCC2)CC(CC(C)SCC)CC1=O. The standard InChI is InChI=1S/C21H36N2O2S/c1-5-10-18(22-25-6-2)21-19(23-11-8-9-12-23)14-17(15-20(21)24)13-16(4)26-7-3/h16-17H,5-15H2,1-4H3. The molecule has 2 rings (SSSR count). The number of Topliss-reactive ketones (excluding diaryl/α,β-unsaturated/α-hetero) is 1. The van der Waals surface area contributed by atoms with Gasteiger partial charge in [0.15, 0.2) is 5.78 Å². The number of hydrogen-bond acceptors (Lipinski definition) is 5. The van der Waals surface area contributed by atoms with Crippen molar-refractivity contribution in [3.8, 4) is 0 Å². The van der Waals surface area contributed by atoms with Crippen molar-refractivity contribution < 1.29 is 9.63 Å². The monoisotopic (exact) mass is 380 g/mol. The van der Waals surface area contributed by atoms with Gasteiger partial charge in [-0.2, -0.15) is 11.8 Å². The molecule has 1 aliphatic carbocycles. The maximum Gasteiger partial charge on any atom is 0.166 e. The molecule has 0 aromatic rings. The van der Waals surface area contributed by atoms with Crippen molar-refractivity contribution in [3.05, 3.63) is 11.3 Å². The number of nitrogens with zero attached hydrogens (tertiary/aromatic N) is 2. The van der Waals surface area contributed by atoms with Crippen LogP contribution < -0.4 is 0 Å². The molecule has 0 spiro atoms. The van der Waals surface area contributed by atoms with Crippen LogP contribution in [0.25, 0.3) is 0 Å². The first-order chi connectivity index (χ1) is 12.6. The second kappa shape index (κ2) is 11.0. The predicted octanol–water partition coefficient (Wildman–Crippen LogP) is 5.04. The van der Waals surface area contributed by atoms with E-state index in [1.54, 1.807) is 0 Å². The van der Waals surface area contributed by atoms with Crippen LogP contribution in [-0.4, -0.2) is 47.1 Å². The number of ketones is 1. The van der Waals surface area contributed by atoms with Crippen molar-refractivity contribution in [2.75, 3.05) is 25.4 Å². The fourth-order valence-electron chi connectivity index (χ4n) is 4.16. The molecule has 0 N–H and O–H groups in total. The summed E-state index contributed by atoms with van der Waals surface area (Å²) in [5.74, 6) is 1.89. The van der Waals surface area contributed by atoms with Crippen LogP contribution in [0, 0.1) is 5.92 Å². The molecule has 1 fully saturated rings. The van der Waals surface area contributed by atoms with E-state index in [-0.39, 0.29) is 5.78 Å². The number of thioether (sulfide) groups is 1. The number of hydrogen-bond donors (Lipinski definition) is 0. The molecule has 0 aromatic carbocycles. The van der Waals surface area contributed by atoms with Gasteiger partial charge in [0, 0.05) is 30.5 Å². The fourth-order valence-corrected chi connectivity index (χ4v) is 5.14. The molecular weight excluding hydrogens is 344 g/mol. The Kier molecular flexibility index (Phi) is 9.03. The number of oxime groups is 1. The second-order valence-electron chi connectivity index (χ2n) is 7.42. The minimum atomic E-state index is 0.281. The van der Waals surface area contributed by atoms with Gasteiger partial charge >= 0.3 is 0 Å². The van der Waals surface area contributed by atoms with Crippen LogP contribution in [0.2, 0.25) is 0 Å². The molecule has 148 valence electrons. The van der Waals surface area contributed by atoms with Gasteiger partial charge in [-0.05, 0) is 50.7 Å². The molecule has 0 radical (unpaired) electrons. The van der Waals surface area contributed by atoms with Crippen molar-refractivity contribution in [2.45, 2.75) is 77.9 Å². The molecule has 1 heterocycles. The van der Waals surface area contributed by atoms with Gasteiger partial charge in [0.05, 0.1) is 11.3 Å². The lowest BCUT2D eigenvalue weighted by Gasteiger charge is -2.33. The Morgan fingerprint density at radius 2 is 2.00 bits per heavy atom. The first-order valence-corrected chi connectivity index (χ1v) is 11.5. The largest absolute Gasteiger partial charge is 0.396 e. The first-order valence-electron chi connectivity index (χ1n) is 10.4. The molecule has 2 aliphatic rings. The van der Waals surface area contributed by atoms with E-state index in [9.17, 15) is 4.79 Å². The van der Waals surface area contributed by atoms with E-state index in [1.165, 1.54) is 18.5 Å². The van der Waals surface area contributed by atoms with E-state index >= 15 is 0 Å². The average Bonchev–Trinajstić information content (AvgIpc) is 3.13. The quantitative estimate of drug-likeness (QED) is 0.393. The van der Waals surface area contributed by atoms with Gasteiger partial charge in [-0.15, -0.1) is 0 Å². The van der Waals surface area contributed by atoms with Gasteiger partial charge in [-0.3, -0.25) is 4.79 Å². The Morgan fingerprint density at radius 1 is 1.27 bits per heavy atom. The Hall–Kier alpha value is -0.970. The van der Waals surface area contributed by atoms with E-state index in [1.807, 2.05) is 18.7 Å². The minimum Gasteiger partial charge on any atom is -0.396 e. The maximum atomic E-state index is 13.2. The van der Waals surface area contributed by atoms with Gasteiger partial charge < -0.3 is 9.74 Å². The Morgan fingerprint density at radius 3 is 2.62 bits per heavy atom. The lowest BCUT2D eigenvalue weighted by Crippen LogP contribution is -2.33. The lowest BCUT2D eigenvalue weighted by molar-refractivity contribution is -0.116. The summed E-state index contributed by atoms with van der Waals surface area (Å²) < 4.78 is 0. The smallest absolute Gasteiger partial charge is 0.166 e. The minimum absolute atomic E-state index is 0.281. The molecule has 5 heteroatoms. The van der Waals surface area contributed by atoms with Gasteiger partial charge in [0.2, 0.25) is 0 Å². The molecule has 0 saturated carbocycles. The van der Waals surface area contributed by atoms with Crippen LogP contribution in [0.1, 0.15) is 72.6 Å². The van der Waals surface area contributed by atoms with E-state index in [2.05, 4.69) is 30.8 Å². The first kappa shape index (κ1) is 21.3. The summed E-state index contributed by atoms with van der Waals surface area (Å²) in [5.41, 5.74) is 3.01. The van der Waals surface area contributed by atoms with Crippen LogP contribution in [0.15, 0.2) is 16.4 Å². The van der Waals surface area contributed by atoms with Crippen molar-refractivity contribution in [1.29, 1.82) is 0 Å². The third kappa shape index (κ3) is 5.77. The summed E-state index contributed by atoms with van der Waals surface area (Å²) in [4.78, 5) is 21.0. The third-order valence-electron chi connectivity index (χ3n) is 5.21. The topological polar surface area (TPSA) is 41.9 Å². The maximum absolute atomic E-state index is 13.2. The Bertz CT molecular complexity index is 524. The van der Waals surface area contributed by atoms with Crippen molar-refractivity contribution in [1.82, 2.24) is 4.90 Å². The lowest BCUT2D eigenvalue weighted by atomic mass is 9.81. The van der Waals surface area contributed by atoms with Crippen LogP contribution in [-0.2, 0) is 9.63 Å². The molecule has 2 atom stereocenters. The summed E-state index contributed by atoms with van der Waals surface area (Å²) in [6.07, 6.45) is 7.04. The number of allylic oxidation sites excluding steroid dienone is 2. The van der Waals surface area contributed by atoms with Crippen LogP contribution in [0.5, 0.6) is 0 Å². The van der Waals surface area contributed by atoms with Gasteiger partial charge in [-0.1, -0.05) is 32.3 Å².